The van der Waals surface area contributed by atoms with Crippen LogP contribution in [0.4, 0.5) is 9.59 Å². The van der Waals surface area contributed by atoms with Crippen LogP contribution in [0.5, 0.6) is 0 Å². The molecule has 0 aromatic rings. The Bertz CT molecular complexity index is 478. The SMILES string of the molecule is O=CN1C(=O)N(C=O)C2(C=O)C1NC(=O)N2C=O. The predicted molar refractivity (Wildman–Crippen MR) is 50.2 cm³/mol. The number of aldehydes is 1. The van der Waals surface area contributed by atoms with Gasteiger partial charge in [-0.3, -0.25) is 19.2 Å². The van der Waals surface area contributed by atoms with E-state index in [1.807, 2.05) is 0 Å². The van der Waals surface area contributed by atoms with Crippen molar-refractivity contribution >= 4 is 37.6 Å². The van der Waals surface area contributed by atoms with E-state index in [2.05, 4.69) is 5.32 Å². The number of hydrogen-bond donors (Lipinski definition) is 1. The number of imide groups is 3. The molecule has 2 saturated heterocycles. The highest BCUT2D eigenvalue weighted by Crippen LogP contribution is 2.34. The number of carbonyl (C=O) groups excluding carboxylic acids is 6. The van der Waals surface area contributed by atoms with Crippen LogP contribution in [0.1, 0.15) is 0 Å². The standard InChI is InChI=1S/C8H6N4O6/c13-1-8-5(9-6(17)11(8)3-15)10(2-14)7(18)12(8)4-16/h1-5H,(H,9,17). The molecular formula is C8H6N4O6. The van der Waals surface area contributed by atoms with Crippen molar-refractivity contribution < 1.29 is 28.8 Å². The van der Waals surface area contributed by atoms with Gasteiger partial charge < -0.3 is 5.32 Å². The van der Waals surface area contributed by atoms with Gasteiger partial charge in [0.2, 0.25) is 24.9 Å². The van der Waals surface area contributed by atoms with E-state index in [-0.39, 0.29) is 25.5 Å². The summed E-state index contributed by atoms with van der Waals surface area (Å²) in [6.07, 6.45) is -1.31. The molecule has 2 fully saturated rings. The zero-order valence-electron chi connectivity index (χ0n) is 8.68. The molecule has 0 spiro atoms. The van der Waals surface area contributed by atoms with E-state index < -0.39 is 23.9 Å². The maximum absolute atomic E-state index is 11.7. The van der Waals surface area contributed by atoms with Gasteiger partial charge in [0.15, 0.2) is 12.5 Å². The van der Waals surface area contributed by atoms with E-state index in [0.29, 0.717) is 14.7 Å². The van der Waals surface area contributed by atoms with Crippen molar-refractivity contribution in [3.8, 4) is 0 Å². The first kappa shape index (κ1) is 11.7. The lowest BCUT2D eigenvalue weighted by Gasteiger charge is -2.30. The van der Waals surface area contributed by atoms with Crippen LogP contribution >= 0.6 is 0 Å². The maximum Gasteiger partial charge on any atom is 0.337 e. The smallest absolute Gasteiger partial charge is 0.312 e. The summed E-state index contributed by atoms with van der Waals surface area (Å²) in [4.78, 5) is 67.9. The van der Waals surface area contributed by atoms with Crippen LogP contribution in [0, 0.1) is 0 Å². The number of amides is 7. The first-order valence-corrected chi connectivity index (χ1v) is 4.62. The summed E-state index contributed by atoms with van der Waals surface area (Å²) >= 11 is 0. The number of rotatable bonds is 4. The number of nitrogens with one attached hydrogen (secondary N) is 1. The summed E-state index contributed by atoms with van der Waals surface area (Å²) in [5, 5.41) is 2.10. The van der Waals surface area contributed by atoms with Gasteiger partial charge in [0, 0.05) is 0 Å². The van der Waals surface area contributed by atoms with Crippen molar-refractivity contribution in [2.45, 2.75) is 11.8 Å². The van der Waals surface area contributed by atoms with Crippen LogP contribution in [0.25, 0.3) is 0 Å². The van der Waals surface area contributed by atoms with Gasteiger partial charge in [-0.25, -0.2) is 24.3 Å². The van der Waals surface area contributed by atoms with Gasteiger partial charge in [-0.05, 0) is 0 Å². The van der Waals surface area contributed by atoms with E-state index in [1.165, 1.54) is 0 Å². The quantitative estimate of drug-likeness (QED) is 0.550. The molecule has 0 aliphatic carbocycles. The average molecular weight is 254 g/mol. The van der Waals surface area contributed by atoms with Crippen LogP contribution in [0.2, 0.25) is 0 Å². The van der Waals surface area contributed by atoms with E-state index in [4.69, 9.17) is 0 Å². The normalized spacial score (nSPS) is 30.0. The fourth-order valence-electron chi connectivity index (χ4n) is 2.04. The molecule has 2 aliphatic rings. The molecule has 18 heavy (non-hydrogen) atoms. The molecule has 94 valence electrons. The van der Waals surface area contributed by atoms with Gasteiger partial charge >= 0.3 is 12.1 Å². The molecule has 7 amide bonds. The van der Waals surface area contributed by atoms with Crippen molar-refractivity contribution in [2.24, 2.45) is 0 Å². The Morgan fingerprint density at radius 2 is 1.61 bits per heavy atom. The molecule has 2 atom stereocenters. The fraction of sp³-hybridized carbons (Fsp3) is 0.250. The minimum Gasteiger partial charge on any atom is -0.312 e. The zero-order valence-corrected chi connectivity index (χ0v) is 8.68. The summed E-state index contributed by atoms with van der Waals surface area (Å²) in [6, 6.07) is -2.10. The first-order chi connectivity index (χ1) is 8.58. The largest absolute Gasteiger partial charge is 0.337 e. The highest BCUT2D eigenvalue weighted by atomic mass is 16.2. The third-order valence-corrected chi connectivity index (χ3v) is 2.86. The second kappa shape index (κ2) is 3.61. The Kier molecular flexibility index (Phi) is 2.35. The van der Waals surface area contributed by atoms with Crippen molar-refractivity contribution in [3.63, 3.8) is 0 Å². The Balaban J connectivity index is 2.65. The molecule has 2 heterocycles. The van der Waals surface area contributed by atoms with E-state index in [9.17, 15) is 28.8 Å². The van der Waals surface area contributed by atoms with Crippen molar-refractivity contribution in [2.75, 3.05) is 0 Å². The highest BCUT2D eigenvalue weighted by Gasteiger charge is 2.67. The molecule has 0 aromatic heterocycles. The van der Waals surface area contributed by atoms with Crippen molar-refractivity contribution in [1.29, 1.82) is 0 Å². The molecule has 1 N–H and O–H groups in total. The molecule has 10 heteroatoms. The number of urea groups is 2. The third kappa shape index (κ3) is 1.01. The molecule has 0 radical (unpaired) electrons. The molecular weight excluding hydrogens is 248 g/mol. The Morgan fingerprint density at radius 1 is 1.00 bits per heavy atom. The lowest BCUT2D eigenvalue weighted by molar-refractivity contribution is -0.139. The summed E-state index contributed by atoms with van der Waals surface area (Å²) in [5.74, 6) is 0. The maximum atomic E-state index is 11.7. The fourth-order valence-corrected chi connectivity index (χ4v) is 2.04. The van der Waals surface area contributed by atoms with Crippen LogP contribution in [0.15, 0.2) is 0 Å². The second-order valence-electron chi connectivity index (χ2n) is 3.50. The minimum absolute atomic E-state index is 0.00180. The Hall–Kier alpha value is -2.78. The molecule has 0 bridgehead atoms. The Morgan fingerprint density at radius 3 is 2.06 bits per heavy atom. The molecule has 10 nitrogen and oxygen atoms in total. The van der Waals surface area contributed by atoms with E-state index >= 15 is 0 Å². The molecule has 0 saturated carbocycles. The first-order valence-electron chi connectivity index (χ1n) is 4.62. The second-order valence-corrected chi connectivity index (χ2v) is 3.50. The summed E-state index contributed by atoms with van der Waals surface area (Å²) < 4.78 is 0. The molecule has 2 unspecified atom stereocenters. The molecule has 2 aliphatic heterocycles. The minimum atomic E-state index is -2.17. The number of carbonyl (C=O) groups is 6. The lowest BCUT2D eigenvalue weighted by atomic mass is 10.1. The number of hydrogen-bond acceptors (Lipinski definition) is 6. The summed E-state index contributed by atoms with van der Waals surface area (Å²) in [7, 11) is 0. The number of nitrogens with zero attached hydrogens (tertiary/aromatic N) is 3. The van der Waals surface area contributed by atoms with Gasteiger partial charge in [0.25, 0.3) is 0 Å². The average Bonchev–Trinajstić information content (AvgIpc) is 2.76. The van der Waals surface area contributed by atoms with Crippen LogP contribution in [-0.2, 0) is 19.2 Å². The van der Waals surface area contributed by atoms with Gasteiger partial charge in [0.05, 0.1) is 0 Å². The topological polar surface area (TPSA) is 124 Å². The van der Waals surface area contributed by atoms with Crippen LogP contribution in [0.3, 0.4) is 0 Å². The predicted octanol–water partition coefficient (Wildman–Crippen LogP) is -2.56. The third-order valence-electron chi connectivity index (χ3n) is 2.86. The van der Waals surface area contributed by atoms with Crippen LogP contribution in [-0.4, -0.2) is 64.1 Å². The zero-order chi connectivity index (χ0) is 13.5. The Labute approximate surface area is 99.1 Å². The summed E-state index contributed by atoms with van der Waals surface area (Å²) in [6.45, 7) is 0. The van der Waals surface area contributed by atoms with Gasteiger partial charge in [-0.15, -0.1) is 0 Å². The molecule has 2 rings (SSSR count). The lowest BCUT2D eigenvalue weighted by Crippen LogP contribution is -2.60. The van der Waals surface area contributed by atoms with Gasteiger partial charge in [-0.1, -0.05) is 0 Å². The van der Waals surface area contributed by atoms with Gasteiger partial charge in [-0.2, -0.15) is 0 Å². The van der Waals surface area contributed by atoms with E-state index in [0.717, 1.165) is 0 Å². The highest BCUT2D eigenvalue weighted by molar-refractivity contribution is 6.05. The number of fused-ring (bicyclic) bond motifs is 1. The van der Waals surface area contributed by atoms with Crippen LogP contribution < -0.4 is 5.32 Å². The molecule has 0 aromatic carbocycles. The summed E-state index contributed by atoms with van der Waals surface area (Å²) in [5.41, 5.74) is -2.17. The van der Waals surface area contributed by atoms with Crippen molar-refractivity contribution in [3.05, 3.63) is 0 Å². The van der Waals surface area contributed by atoms with Crippen molar-refractivity contribution in [1.82, 2.24) is 20.0 Å². The van der Waals surface area contributed by atoms with Gasteiger partial charge in [0.1, 0.15) is 0 Å². The monoisotopic (exact) mass is 254 g/mol. The van der Waals surface area contributed by atoms with E-state index in [1.54, 1.807) is 0 Å².